The van der Waals surface area contributed by atoms with Gasteiger partial charge in [-0.25, -0.2) is 8.42 Å². The first-order chi connectivity index (χ1) is 16.3. The quantitative estimate of drug-likeness (QED) is 0.353. The van der Waals surface area contributed by atoms with E-state index < -0.39 is 15.9 Å². The molecule has 10 heteroatoms. The van der Waals surface area contributed by atoms with Crippen molar-refractivity contribution in [2.24, 2.45) is 12.0 Å². The summed E-state index contributed by atoms with van der Waals surface area (Å²) in [7, 11) is -1.98. The van der Waals surface area contributed by atoms with Gasteiger partial charge in [0, 0.05) is 19.2 Å². The minimum absolute atomic E-state index is 0.134. The summed E-state index contributed by atoms with van der Waals surface area (Å²) in [5.74, 6) is -0.475. The van der Waals surface area contributed by atoms with Crippen molar-refractivity contribution >= 4 is 66.4 Å². The first-order valence-corrected chi connectivity index (χ1v) is 13.5. The number of halogens is 2. The lowest BCUT2D eigenvalue weighted by atomic mass is 10.0. The van der Waals surface area contributed by atoms with Crippen LogP contribution in [0.3, 0.4) is 0 Å². The molecule has 0 radical (unpaired) electrons. The lowest BCUT2D eigenvalue weighted by Crippen LogP contribution is -2.35. The van der Waals surface area contributed by atoms with Gasteiger partial charge in [-0.3, -0.25) is 9.10 Å². The van der Waals surface area contributed by atoms with E-state index in [0.717, 1.165) is 23.1 Å². The van der Waals surface area contributed by atoms with Crippen molar-refractivity contribution < 1.29 is 13.2 Å². The van der Waals surface area contributed by atoms with Crippen LogP contribution in [0.1, 0.15) is 22.3 Å². The molecule has 34 heavy (non-hydrogen) atoms. The van der Waals surface area contributed by atoms with Crippen LogP contribution in [0.2, 0.25) is 10.0 Å². The monoisotopic (exact) mass is 531 g/mol. The molecule has 0 unspecified atom stereocenters. The number of sulfonamides is 1. The number of anilines is 1. The Balaban J connectivity index is 1.46. The third-order valence-corrected chi connectivity index (χ3v) is 9.53. The summed E-state index contributed by atoms with van der Waals surface area (Å²) in [4.78, 5) is 17.7. The van der Waals surface area contributed by atoms with Gasteiger partial charge in [-0.05, 0) is 60.9 Å². The van der Waals surface area contributed by atoms with E-state index in [9.17, 15) is 13.2 Å². The van der Waals surface area contributed by atoms with Crippen molar-refractivity contribution in [3.05, 3.63) is 86.6 Å². The van der Waals surface area contributed by atoms with Crippen molar-refractivity contribution in [1.29, 1.82) is 0 Å². The zero-order valence-corrected chi connectivity index (χ0v) is 21.2. The second-order valence-electron chi connectivity index (χ2n) is 7.90. The lowest BCUT2D eigenvalue weighted by Gasteiger charge is -2.30. The molecule has 4 aromatic rings. The number of hydrogen-bond acceptors (Lipinski definition) is 4. The maximum atomic E-state index is 13.3. The fraction of sp³-hybridized carbons (Fsp3) is 0.167. The maximum Gasteiger partial charge on any atom is 0.279 e. The van der Waals surface area contributed by atoms with E-state index in [1.165, 1.54) is 39.9 Å². The summed E-state index contributed by atoms with van der Waals surface area (Å²) < 4.78 is 30.7. The molecule has 0 saturated heterocycles. The minimum Gasteiger partial charge on any atom is -0.318 e. The Morgan fingerprint density at radius 1 is 1.03 bits per heavy atom. The highest BCUT2D eigenvalue weighted by Gasteiger charge is 2.29. The number of para-hydroxylation sites is 1. The predicted octanol–water partition coefficient (Wildman–Crippen LogP) is 5.43. The number of carbonyl (C=O) groups is 1. The molecule has 0 atom stereocenters. The predicted molar refractivity (Wildman–Crippen MR) is 136 cm³/mol. The van der Waals surface area contributed by atoms with E-state index in [-0.39, 0.29) is 4.90 Å². The average Bonchev–Trinajstić information content (AvgIpc) is 3.16. The molecule has 5 rings (SSSR count). The molecule has 1 amide bonds. The topological polar surface area (TPSA) is 71.7 Å². The Bertz CT molecular complexity index is 1610. The number of carbonyl (C=O) groups excluding carboxylic acids is 1. The molecule has 2 heterocycles. The zero-order chi connectivity index (χ0) is 24.0. The van der Waals surface area contributed by atoms with Crippen LogP contribution >= 0.6 is 34.5 Å². The van der Waals surface area contributed by atoms with Crippen LogP contribution in [0, 0.1) is 0 Å². The van der Waals surface area contributed by atoms with Gasteiger partial charge in [0.2, 0.25) is 0 Å². The minimum atomic E-state index is -3.75. The third-order valence-electron chi connectivity index (χ3n) is 5.81. The molecule has 0 fully saturated rings. The summed E-state index contributed by atoms with van der Waals surface area (Å²) in [6.07, 6.45) is 1.61. The molecule has 1 aromatic heterocycles. The average molecular weight is 532 g/mol. The Morgan fingerprint density at radius 3 is 2.53 bits per heavy atom. The molecular formula is C24H19Cl2N3O3S2. The molecule has 0 N–H and O–H groups in total. The first kappa shape index (κ1) is 23.1. The Kier molecular flexibility index (Phi) is 6.02. The summed E-state index contributed by atoms with van der Waals surface area (Å²) in [5.41, 5.74) is 2.72. The van der Waals surface area contributed by atoms with E-state index in [2.05, 4.69) is 4.99 Å². The number of fused-ring (bicyclic) bond motifs is 2. The molecule has 0 aliphatic carbocycles. The van der Waals surface area contributed by atoms with Gasteiger partial charge in [-0.1, -0.05) is 52.7 Å². The Hall–Kier alpha value is -2.65. The standard InChI is InChI=1S/C24H19Cl2N3O3S2/c1-28-22-20(13-12-18(25)21(22)26)33-24(28)27-23(30)16-8-10-17(11-9-16)34(31,32)29-14-4-6-15-5-2-3-7-19(15)29/h2-3,5,7-13H,4,6,14H2,1H3. The third kappa shape index (κ3) is 3.94. The maximum absolute atomic E-state index is 13.3. The number of aryl methyl sites for hydroxylation is 2. The van der Waals surface area contributed by atoms with Gasteiger partial charge < -0.3 is 4.57 Å². The van der Waals surface area contributed by atoms with Crippen molar-refractivity contribution in [2.45, 2.75) is 17.7 Å². The van der Waals surface area contributed by atoms with Crippen LogP contribution in [0.4, 0.5) is 5.69 Å². The van der Waals surface area contributed by atoms with Gasteiger partial charge in [0.05, 0.1) is 30.8 Å². The molecular weight excluding hydrogens is 513 g/mol. The number of nitrogens with zero attached hydrogens (tertiary/aromatic N) is 3. The highest BCUT2D eigenvalue weighted by Crippen LogP contribution is 2.33. The molecule has 1 aliphatic heterocycles. The first-order valence-electron chi connectivity index (χ1n) is 10.5. The van der Waals surface area contributed by atoms with E-state index >= 15 is 0 Å². The fourth-order valence-electron chi connectivity index (χ4n) is 4.07. The SMILES string of the molecule is Cn1c(=NC(=O)c2ccc(S(=O)(=O)N3CCCc4ccccc43)cc2)sc2ccc(Cl)c(Cl)c21. The number of rotatable bonds is 3. The van der Waals surface area contributed by atoms with Gasteiger partial charge in [-0.15, -0.1) is 0 Å². The smallest absolute Gasteiger partial charge is 0.279 e. The van der Waals surface area contributed by atoms with E-state index in [0.29, 0.717) is 38.2 Å². The number of hydrogen-bond donors (Lipinski definition) is 0. The largest absolute Gasteiger partial charge is 0.318 e. The number of amides is 1. The van der Waals surface area contributed by atoms with Crippen LogP contribution in [-0.4, -0.2) is 25.4 Å². The Morgan fingerprint density at radius 2 is 1.76 bits per heavy atom. The summed E-state index contributed by atoms with van der Waals surface area (Å²) in [6.45, 7) is 0.421. The van der Waals surface area contributed by atoms with Gasteiger partial charge in [-0.2, -0.15) is 4.99 Å². The molecule has 6 nitrogen and oxygen atoms in total. The molecule has 3 aromatic carbocycles. The molecule has 0 spiro atoms. The van der Waals surface area contributed by atoms with E-state index in [4.69, 9.17) is 23.2 Å². The van der Waals surface area contributed by atoms with Gasteiger partial charge in [0.1, 0.15) is 0 Å². The summed E-state index contributed by atoms with van der Waals surface area (Å²) in [5, 5.41) is 0.828. The van der Waals surface area contributed by atoms with Crippen LogP contribution in [0.25, 0.3) is 10.2 Å². The highest BCUT2D eigenvalue weighted by atomic mass is 35.5. The second-order valence-corrected chi connectivity index (χ2v) is 11.6. The lowest BCUT2D eigenvalue weighted by molar-refractivity contribution is 0.0998. The summed E-state index contributed by atoms with van der Waals surface area (Å²) in [6, 6.07) is 17.0. The second kappa shape index (κ2) is 8.85. The van der Waals surface area contributed by atoms with Crippen LogP contribution < -0.4 is 9.11 Å². The number of aromatic nitrogens is 1. The van der Waals surface area contributed by atoms with Crippen LogP contribution in [0.15, 0.2) is 70.6 Å². The molecule has 0 bridgehead atoms. The normalized spacial score (nSPS) is 14.4. The van der Waals surface area contributed by atoms with Crippen molar-refractivity contribution in [3.63, 3.8) is 0 Å². The van der Waals surface area contributed by atoms with E-state index in [1.54, 1.807) is 17.7 Å². The van der Waals surface area contributed by atoms with Gasteiger partial charge in [0.15, 0.2) is 4.80 Å². The molecule has 0 saturated carbocycles. The van der Waals surface area contributed by atoms with Crippen molar-refractivity contribution in [1.82, 2.24) is 4.57 Å². The summed E-state index contributed by atoms with van der Waals surface area (Å²) >= 11 is 13.8. The number of thiazole rings is 1. The fourth-order valence-corrected chi connectivity index (χ4v) is 7.14. The van der Waals surface area contributed by atoms with E-state index in [1.807, 2.05) is 30.3 Å². The van der Waals surface area contributed by atoms with Crippen molar-refractivity contribution in [3.8, 4) is 0 Å². The molecule has 174 valence electrons. The van der Waals surface area contributed by atoms with Gasteiger partial charge in [0.25, 0.3) is 15.9 Å². The highest BCUT2D eigenvalue weighted by molar-refractivity contribution is 7.92. The van der Waals surface area contributed by atoms with Crippen LogP contribution in [0.5, 0.6) is 0 Å². The van der Waals surface area contributed by atoms with Gasteiger partial charge >= 0.3 is 0 Å². The number of benzene rings is 3. The van der Waals surface area contributed by atoms with Crippen molar-refractivity contribution in [2.75, 3.05) is 10.8 Å². The Labute approximate surface area is 210 Å². The van der Waals surface area contributed by atoms with Crippen LogP contribution in [-0.2, 0) is 23.5 Å². The molecule has 1 aliphatic rings. The zero-order valence-electron chi connectivity index (χ0n) is 18.0.